The van der Waals surface area contributed by atoms with Crippen molar-refractivity contribution in [3.8, 4) is 0 Å². The molecule has 9 nitrogen and oxygen atoms in total. The van der Waals surface area contributed by atoms with Gasteiger partial charge in [0.1, 0.15) is 5.60 Å². The van der Waals surface area contributed by atoms with E-state index >= 15 is 0 Å². The molecule has 0 spiro atoms. The van der Waals surface area contributed by atoms with Crippen molar-refractivity contribution in [2.75, 3.05) is 19.6 Å². The van der Waals surface area contributed by atoms with Crippen LogP contribution in [0.5, 0.6) is 0 Å². The molecule has 0 saturated carbocycles. The van der Waals surface area contributed by atoms with Crippen LogP contribution < -0.4 is 4.72 Å². The monoisotopic (exact) mass is 399 g/mol. The van der Waals surface area contributed by atoms with Crippen molar-refractivity contribution in [3.63, 3.8) is 0 Å². The maximum Gasteiger partial charge on any atom is 0.410 e. The second kappa shape index (κ2) is 8.22. The molecule has 1 aromatic rings. The second-order valence-electron chi connectivity index (χ2n) is 7.51. The van der Waals surface area contributed by atoms with Crippen molar-refractivity contribution < 1.29 is 22.9 Å². The lowest BCUT2D eigenvalue weighted by atomic mass is 9.97. The lowest BCUT2D eigenvalue weighted by Gasteiger charge is -2.33. The fourth-order valence-corrected chi connectivity index (χ4v) is 3.82. The number of nitro groups is 1. The highest BCUT2D eigenvalue weighted by Crippen LogP contribution is 2.20. The summed E-state index contributed by atoms with van der Waals surface area (Å²) in [4.78, 5) is 23.7. The quantitative estimate of drug-likeness (QED) is 0.600. The van der Waals surface area contributed by atoms with Crippen molar-refractivity contribution in [1.82, 2.24) is 9.62 Å². The Hall–Kier alpha value is -2.20. The molecule has 0 radical (unpaired) electrons. The highest BCUT2D eigenvalue weighted by molar-refractivity contribution is 7.89. The molecule has 1 fully saturated rings. The van der Waals surface area contributed by atoms with Gasteiger partial charge in [-0.25, -0.2) is 17.9 Å². The molecule has 1 aliphatic rings. The number of ether oxygens (including phenoxy) is 1. The zero-order valence-corrected chi connectivity index (χ0v) is 16.5. The SMILES string of the molecule is CC(C)(C)OC(=O)N1CCC(CNS(=O)(=O)c2ccc([N+](=O)[O-])cc2)CC1. The molecule has 2 rings (SSSR count). The highest BCUT2D eigenvalue weighted by atomic mass is 32.2. The Morgan fingerprint density at radius 3 is 2.30 bits per heavy atom. The first-order valence-electron chi connectivity index (χ1n) is 8.70. The number of amides is 1. The zero-order valence-electron chi connectivity index (χ0n) is 15.7. The van der Waals surface area contributed by atoms with E-state index in [9.17, 15) is 23.3 Å². The van der Waals surface area contributed by atoms with E-state index in [1.165, 1.54) is 12.1 Å². The van der Waals surface area contributed by atoms with Crippen LogP contribution >= 0.6 is 0 Å². The molecular weight excluding hydrogens is 374 g/mol. The number of likely N-dealkylation sites (tertiary alicyclic amines) is 1. The largest absolute Gasteiger partial charge is 0.444 e. The van der Waals surface area contributed by atoms with E-state index < -0.39 is 20.5 Å². The number of piperidine rings is 1. The van der Waals surface area contributed by atoms with Crippen LogP contribution in [0.15, 0.2) is 29.2 Å². The number of nitro benzene ring substituents is 1. The number of benzene rings is 1. The Balaban J connectivity index is 1.85. The maximum atomic E-state index is 12.3. The first kappa shape index (κ1) is 21.1. The van der Waals surface area contributed by atoms with Crippen molar-refractivity contribution in [2.45, 2.75) is 44.1 Å². The molecule has 0 unspecified atom stereocenters. The Morgan fingerprint density at radius 2 is 1.81 bits per heavy atom. The van der Waals surface area contributed by atoms with E-state index in [0.717, 1.165) is 12.1 Å². The summed E-state index contributed by atoms with van der Waals surface area (Å²) >= 11 is 0. The van der Waals surface area contributed by atoms with Gasteiger partial charge in [0.15, 0.2) is 0 Å². The van der Waals surface area contributed by atoms with Gasteiger partial charge in [-0.3, -0.25) is 10.1 Å². The third-order valence-corrected chi connectivity index (χ3v) is 5.63. The zero-order chi connectivity index (χ0) is 20.2. The number of carbonyl (C=O) groups excluding carboxylic acids is 1. The summed E-state index contributed by atoms with van der Waals surface area (Å²) in [6, 6.07) is 4.75. The van der Waals surface area contributed by atoms with E-state index in [1.807, 2.05) is 20.8 Å². The minimum absolute atomic E-state index is 0.0145. The molecule has 1 N–H and O–H groups in total. The van der Waals surface area contributed by atoms with Gasteiger partial charge in [0, 0.05) is 31.8 Å². The molecule has 0 bridgehead atoms. The van der Waals surface area contributed by atoms with Gasteiger partial charge in [0.05, 0.1) is 9.82 Å². The minimum Gasteiger partial charge on any atom is -0.444 e. The Kier molecular flexibility index (Phi) is 6.42. The van der Waals surface area contributed by atoms with Gasteiger partial charge in [0.2, 0.25) is 10.0 Å². The number of nitrogens with zero attached hydrogens (tertiary/aromatic N) is 2. The first-order chi connectivity index (χ1) is 12.5. The Bertz CT molecular complexity index is 778. The van der Waals surface area contributed by atoms with Crippen LogP contribution in [-0.2, 0) is 14.8 Å². The van der Waals surface area contributed by atoms with Gasteiger partial charge >= 0.3 is 6.09 Å². The average molecular weight is 399 g/mol. The van der Waals surface area contributed by atoms with Crippen LogP contribution in [0.2, 0.25) is 0 Å². The summed E-state index contributed by atoms with van der Waals surface area (Å²) in [5, 5.41) is 10.6. The van der Waals surface area contributed by atoms with Gasteiger partial charge < -0.3 is 9.64 Å². The fourth-order valence-electron chi connectivity index (χ4n) is 2.70. The number of carbonyl (C=O) groups is 1. The topological polar surface area (TPSA) is 119 Å². The molecule has 0 aromatic heterocycles. The maximum absolute atomic E-state index is 12.3. The molecule has 0 aliphatic carbocycles. The summed E-state index contributed by atoms with van der Waals surface area (Å²) < 4.78 is 32.5. The molecule has 150 valence electrons. The van der Waals surface area contributed by atoms with Crippen molar-refractivity contribution >= 4 is 21.8 Å². The smallest absolute Gasteiger partial charge is 0.410 e. The van der Waals surface area contributed by atoms with Crippen molar-refractivity contribution in [2.24, 2.45) is 5.92 Å². The molecule has 1 heterocycles. The number of hydrogen-bond acceptors (Lipinski definition) is 6. The van der Waals surface area contributed by atoms with Gasteiger partial charge in [0.25, 0.3) is 5.69 Å². The molecule has 1 amide bonds. The second-order valence-corrected chi connectivity index (χ2v) is 9.28. The van der Waals surface area contributed by atoms with Crippen molar-refractivity contribution in [3.05, 3.63) is 34.4 Å². The van der Waals surface area contributed by atoms with Crippen LogP contribution in [0.25, 0.3) is 0 Å². The van der Waals surface area contributed by atoms with Crippen LogP contribution in [-0.4, -0.2) is 49.6 Å². The van der Waals surface area contributed by atoms with Crippen LogP contribution in [0.4, 0.5) is 10.5 Å². The number of sulfonamides is 1. The first-order valence-corrected chi connectivity index (χ1v) is 10.2. The Labute approximate surface area is 158 Å². The van der Waals surface area contributed by atoms with Crippen LogP contribution in [0.1, 0.15) is 33.6 Å². The summed E-state index contributed by atoms with van der Waals surface area (Å²) in [7, 11) is -3.73. The summed E-state index contributed by atoms with van der Waals surface area (Å²) in [5.74, 6) is 0.108. The predicted molar refractivity (Wildman–Crippen MR) is 98.8 cm³/mol. The standard InChI is InChI=1S/C17H25N3O6S/c1-17(2,3)26-16(21)19-10-8-13(9-11-19)12-18-27(24,25)15-6-4-14(5-7-15)20(22)23/h4-7,13,18H,8-12H2,1-3H3. The summed E-state index contributed by atoms with van der Waals surface area (Å²) in [6.45, 7) is 6.71. The molecule has 1 saturated heterocycles. The number of nitrogens with one attached hydrogen (secondary N) is 1. The van der Waals surface area contributed by atoms with E-state index in [-0.39, 0.29) is 29.1 Å². The van der Waals surface area contributed by atoms with Gasteiger partial charge in [-0.05, 0) is 51.7 Å². The van der Waals surface area contributed by atoms with Gasteiger partial charge in [-0.2, -0.15) is 0 Å². The lowest BCUT2D eigenvalue weighted by Crippen LogP contribution is -2.43. The minimum atomic E-state index is -3.73. The molecule has 0 atom stereocenters. The van der Waals surface area contributed by atoms with Crippen LogP contribution in [0.3, 0.4) is 0 Å². The molecule has 1 aromatic carbocycles. The molecule has 1 aliphatic heterocycles. The van der Waals surface area contributed by atoms with E-state index in [1.54, 1.807) is 4.90 Å². The van der Waals surface area contributed by atoms with E-state index in [0.29, 0.717) is 25.9 Å². The van der Waals surface area contributed by atoms with Crippen LogP contribution in [0, 0.1) is 16.0 Å². The molecule has 10 heteroatoms. The third-order valence-electron chi connectivity index (χ3n) is 4.19. The third kappa shape index (κ3) is 6.17. The van der Waals surface area contributed by atoms with Gasteiger partial charge in [-0.1, -0.05) is 0 Å². The average Bonchev–Trinajstić information content (AvgIpc) is 2.59. The van der Waals surface area contributed by atoms with Crippen molar-refractivity contribution in [1.29, 1.82) is 0 Å². The fraction of sp³-hybridized carbons (Fsp3) is 0.588. The summed E-state index contributed by atoms with van der Waals surface area (Å²) in [5.41, 5.74) is -0.711. The van der Waals surface area contributed by atoms with Gasteiger partial charge in [-0.15, -0.1) is 0 Å². The van der Waals surface area contributed by atoms with E-state index in [4.69, 9.17) is 4.74 Å². The number of non-ortho nitro benzene ring substituents is 1. The predicted octanol–water partition coefficient (Wildman–Crippen LogP) is 2.52. The van der Waals surface area contributed by atoms with E-state index in [2.05, 4.69) is 4.72 Å². The Morgan fingerprint density at radius 1 is 1.26 bits per heavy atom. The normalized spacial score (nSPS) is 16.2. The number of hydrogen-bond donors (Lipinski definition) is 1. The lowest BCUT2D eigenvalue weighted by molar-refractivity contribution is -0.384. The highest BCUT2D eigenvalue weighted by Gasteiger charge is 2.27. The molecular formula is C17H25N3O6S. The number of rotatable bonds is 5. The molecule has 27 heavy (non-hydrogen) atoms. The summed E-state index contributed by atoms with van der Waals surface area (Å²) in [6.07, 6.45) is 0.983.